The van der Waals surface area contributed by atoms with E-state index in [0.29, 0.717) is 12.6 Å². The van der Waals surface area contributed by atoms with Gasteiger partial charge in [0.15, 0.2) is 0 Å². The fourth-order valence-electron chi connectivity index (χ4n) is 1.70. The minimum absolute atomic E-state index is 0.00664. The molecule has 88 valence electrons. The number of nitrogens with zero attached hydrogens (tertiary/aromatic N) is 3. The number of hydrogen-bond donors (Lipinski definition) is 0. The van der Waals surface area contributed by atoms with Crippen molar-refractivity contribution in [1.82, 2.24) is 14.5 Å². The van der Waals surface area contributed by atoms with Crippen molar-refractivity contribution in [2.45, 2.75) is 37.7 Å². The molecule has 4 nitrogen and oxygen atoms in total. The fraction of sp³-hybridized carbons (Fsp3) is 0.636. The molecule has 1 aliphatic rings. The number of imidazole rings is 1. The molecule has 0 aromatic carbocycles. The molecule has 5 heteroatoms. The second-order valence-electron chi connectivity index (χ2n) is 4.27. The molecular weight excluding hydrogens is 226 g/mol. The van der Waals surface area contributed by atoms with Crippen molar-refractivity contribution in [2.24, 2.45) is 7.05 Å². The highest BCUT2D eigenvalue weighted by molar-refractivity contribution is 6.30. The van der Waals surface area contributed by atoms with E-state index in [4.69, 9.17) is 11.6 Å². The first kappa shape index (κ1) is 11.5. The standard InChI is InChI=1S/C11H16ClN3O/c1-8(12)11(16)15(9-3-4-9)7-10-13-5-6-14(10)2/h5-6,8-9H,3-4,7H2,1-2H3. The third kappa shape index (κ3) is 2.38. The number of carbonyl (C=O) groups is 1. The van der Waals surface area contributed by atoms with Crippen LogP contribution in [0.1, 0.15) is 25.6 Å². The molecule has 1 aromatic heterocycles. The number of aromatic nitrogens is 2. The van der Waals surface area contributed by atoms with Crippen molar-refractivity contribution in [3.8, 4) is 0 Å². The summed E-state index contributed by atoms with van der Waals surface area (Å²) in [5.41, 5.74) is 0. The predicted molar refractivity (Wildman–Crippen MR) is 62.1 cm³/mol. The van der Waals surface area contributed by atoms with Crippen molar-refractivity contribution >= 4 is 17.5 Å². The Morgan fingerprint density at radius 3 is 2.88 bits per heavy atom. The van der Waals surface area contributed by atoms with Gasteiger partial charge in [-0.3, -0.25) is 4.79 Å². The molecule has 0 N–H and O–H groups in total. The first-order valence-electron chi connectivity index (χ1n) is 5.50. The van der Waals surface area contributed by atoms with Crippen LogP contribution in [0.25, 0.3) is 0 Å². The van der Waals surface area contributed by atoms with Crippen LogP contribution in [0.2, 0.25) is 0 Å². The SMILES string of the molecule is CC(Cl)C(=O)N(Cc1nccn1C)C1CC1. The van der Waals surface area contributed by atoms with Gasteiger partial charge in [0.25, 0.3) is 0 Å². The van der Waals surface area contributed by atoms with Crippen LogP contribution in [0.3, 0.4) is 0 Å². The van der Waals surface area contributed by atoms with Gasteiger partial charge in [0, 0.05) is 25.5 Å². The van der Waals surface area contributed by atoms with E-state index in [-0.39, 0.29) is 5.91 Å². The number of aryl methyl sites for hydroxylation is 1. The molecule has 1 fully saturated rings. The van der Waals surface area contributed by atoms with Crippen molar-refractivity contribution < 1.29 is 4.79 Å². The van der Waals surface area contributed by atoms with E-state index in [9.17, 15) is 4.79 Å². The lowest BCUT2D eigenvalue weighted by molar-refractivity contribution is -0.131. The molecule has 0 spiro atoms. The normalized spacial score (nSPS) is 17.2. The summed E-state index contributed by atoms with van der Waals surface area (Å²) < 4.78 is 1.93. The van der Waals surface area contributed by atoms with Crippen LogP contribution in [-0.4, -0.2) is 31.8 Å². The summed E-state index contributed by atoms with van der Waals surface area (Å²) in [5.74, 6) is 0.907. The van der Waals surface area contributed by atoms with Crippen LogP contribution in [0.5, 0.6) is 0 Å². The van der Waals surface area contributed by atoms with Crippen molar-refractivity contribution in [3.05, 3.63) is 18.2 Å². The molecule has 1 aliphatic carbocycles. The lowest BCUT2D eigenvalue weighted by Crippen LogP contribution is -2.37. The lowest BCUT2D eigenvalue weighted by Gasteiger charge is -2.23. The number of halogens is 1. The second kappa shape index (κ2) is 4.45. The average Bonchev–Trinajstić information content (AvgIpc) is 2.99. The summed E-state index contributed by atoms with van der Waals surface area (Å²) in [6.07, 6.45) is 5.80. The van der Waals surface area contributed by atoms with Crippen LogP contribution in [-0.2, 0) is 18.4 Å². The molecule has 0 radical (unpaired) electrons. The zero-order chi connectivity index (χ0) is 11.7. The summed E-state index contributed by atoms with van der Waals surface area (Å²) in [6, 6.07) is 0.366. The van der Waals surface area contributed by atoms with Gasteiger partial charge in [0.2, 0.25) is 5.91 Å². The van der Waals surface area contributed by atoms with Gasteiger partial charge in [0.1, 0.15) is 11.2 Å². The average molecular weight is 242 g/mol. The first-order chi connectivity index (χ1) is 7.59. The molecule has 1 unspecified atom stereocenters. The Bertz CT molecular complexity index is 384. The molecule has 1 aromatic rings. The van der Waals surface area contributed by atoms with Gasteiger partial charge in [0.05, 0.1) is 6.54 Å². The van der Waals surface area contributed by atoms with Gasteiger partial charge in [-0.05, 0) is 19.8 Å². The zero-order valence-electron chi connectivity index (χ0n) is 9.56. The molecule has 1 saturated carbocycles. The predicted octanol–water partition coefficient (Wildman–Crippen LogP) is 1.54. The van der Waals surface area contributed by atoms with Crippen molar-refractivity contribution in [1.29, 1.82) is 0 Å². The summed E-state index contributed by atoms with van der Waals surface area (Å²) >= 11 is 5.86. The number of rotatable bonds is 4. The highest BCUT2D eigenvalue weighted by Gasteiger charge is 2.34. The first-order valence-corrected chi connectivity index (χ1v) is 5.94. The largest absolute Gasteiger partial charge is 0.337 e. The topological polar surface area (TPSA) is 38.1 Å². The molecule has 2 rings (SSSR count). The maximum absolute atomic E-state index is 11.9. The van der Waals surface area contributed by atoms with E-state index in [1.165, 1.54) is 0 Å². The zero-order valence-corrected chi connectivity index (χ0v) is 10.3. The van der Waals surface area contributed by atoms with E-state index in [0.717, 1.165) is 18.7 Å². The minimum atomic E-state index is -0.458. The number of alkyl halides is 1. The highest BCUT2D eigenvalue weighted by atomic mass is 35.5. The Labute approximate surface area is 100 Å². The Balaban J connectivity index is 2.09. The summed E-state index contributed by atoms with van der Waals surface area (Å²) in [4.78, 5) is 18.0. The van der Waals surface area contributed by atoms with Crippen molar-refractivity contribution in [3.63, 3.8) is 0 Å². The summed E-state index contributed by atoms with van der Waals surface area (Å²) in [6.45, 7) is 2.28. The number of amides is 1. The van der Waals surface area contributed by atoms with Crippen LogP contribution in [0.4, 0.5) is 0 Å². The van der Waals surface area contributed by atoms with E-state index in [1.54, 1.807) is 13.1 Å². The molecule has 0 aliphatic heterocycles. The number of hydrogen-bond acceptors (Lipinski definition) is 2. The highest BCUT2D eigenvalue weighted by Crippen LogP contribution is 2.29. The minimum Gasteiger partial charge on any atom is -0.337 e. The Morgan fingerprint density at radius 2 is 2.44 bits per heavy atom. The third-order valence-electron chi connectivity index (χ3n) is 2.84. The molecule has 16 heavy (non-hydrogen) atoms. The second-order valence-corrected chi connectivity index (χ2v) is 4.92. The molecule has 1 heterocycles. The number of carbonyl (C=O) groups excluding carboxylic acids is 1. The molecular formula is C11H16ClN3O. The van der Waals surface area contributed by atoms with Crippen LogP contribution in [0.15, 0.2) is 12.4 Å². The van der Waals surface area contributed by atoms with Crippen LogP contribution in [0, 0.1) is 0 Å². The maximum atomic E-state index is 11.9. The molecule has 1 amide bonds. The quantitative estimate of drug-likeness (QED) is 0.750. The fourth-order valence-corrected chi connectivity index (χ4v) is 1.83. The smallest absolute Gasteiger partial charge is 0.240 e. The van der Waals surface area contributed by atoms with E-state index in [2.05, 4.69) is 4.98 Å². The molecule has 1 atom stereocenters. The lowest BCUT2D eigenvalue weighted by atomic mass is 10.3. The van der Waals surface area contributed by atoms with Gasteiger partial charge in [-0.1, -0.05) is 0 Å². The summed E-state index contributed by atoms with van der Waals surface area (Å²) in [7, 11) is 1.93. The van der Waals surface area contributed by atoms with Gasteiger partial charge in [-0.25, -0.2) is 4.98 Å². The van der Waals surface area contributed by atoms with E-state index < -0.39 is 5.38 Å². The van der Waals surface area contributed by atoms with E-state index >= 15 is 0 Å². The summed E-state index contributed by atoms with van der Waals surface area (Å²) in [5, 5.41) is -0.458. The van der Waals surface area contributed by atoms with Gasteiger partial charge in [-0.2, -0.15) is 0 Å². The Kier molecular flexibility index (Phi) is 3.19. The van der Waals surface area contributed by atoms with E-state index in [1.807, 2.05) is 22.7 Å². The molecule has 0 saturated heterocycles. The Morgan fingerprint density at radius 1 is 1.75 bits per heavy atom. The van der Waals surface area contributed by atoms with Crippen LogP contribution < -0.4 is 0 Å². The third-order valence-corrected chi connectivity index (χ3v) is 3.03. The van der Waals surface area contributed by atoms with Crippen molar-refractivity contribution in [2.75, 3.05) is 0 Å². The monoisotopic (exact) mass is 241 g/mol. The molecule has 0 bridgehead atoms. The van der Waals surface area contributed by atoms with Gasteiger partial charge < -0.3 is 9.47 Å². The van der Waals surface area contributed by atoms with Gasteiger partial charge >= 0.3 is 0 Å². The maximum Gasteiger partial charge on any atom is 0.240 e. The Hall–Kier alpha value is -1.03. The van der Waals surface area contributed by atoms with Gasteiger partial charge in [-0.15, -0.1) is 11.6 Å². The van der Waals surface area contributed by atoms with Crippen LogP contribution >= 0.6 is 11.6 Å².